The third-order valence-corrected chi connectivity index (χ3v) is 2.53. The first-order chi connectivity index (χ1) is 6.62. The highest BCUT2D eigenvalue weighted by Crippen LogP contribution is 2.39. The normalized spacial score (nSPS) is 23.1. The standard InChI is InChI=1S/C12H13NO/c1-12(2)7-9(8-13)10-5-3-4-6-11(10)14-12/h3-6,9H,7H2,1-2H3. The van der Waals surface area contributed by atoms with E-state index in [-0.39, 0.29) is 11.5 Å². The number of ether oxygens (including phenoxy) is 1. The molecule has 2 heteroatoms. The summed E-state index contributed by atoms with van der Waals surface area (Å²) in [7, 11) is 0. The van der Waals surface area contributed by atoms with Crippen LogP contribution in [-0.4, -0.2) is 5.60 Å². The molecule has 0 N–H and O–H groups in total. The largest absolute Gasteiger partial charge is 0.487 e. The van der Waals surface area contributed by atoms with E-state index in [4.69, 9.17) is 10.00 Å². The number of benzene rings is 1. The van der Waals surface area contributed by atoms with Crippen molar-refractivity contribution in [3.05, 3.63) is 29.8 Å². The number of para-hydroxylation sites is 1. The van der Waals surface area contributed by atoms with E-state index < -0.39 is 0 Å². The molecule has 2 nitrogen and oxygen atoms in total. The smallest absolute Gasteiger partial charge is 0.124 e. The average Bonchev–Trinajstić information content (AvgIpc) is 2.15. The van der Waals surface area contributed by atoms with Gasteiger partial charge in [-0.15, -0.1) is 0 Å². The Hall–Kier alpha value is -1.49. The Morgan fingerprint density at radius 2 is 2.14 bits per heavy atom. The Balaban J connectivity index is 2.47. The minimum atomic E-state index is -0.227. The maximum Gasteiger partial charge on any atom is 0.124 e. The highest BCUT2D eigenvalue weighted by molar-refractivity contribution is 5.41. The van der Waals surface area contributed by atoms with Gasteiger partial charge in [0.05, 0.1) is 12.0 Å². The molecule has 0 aliphatic carbocycles. The van der Waals surface area contributed by atoms with Crippen molar-refractivity contribution >= 4 is 0 Å². The maximum atomic E-state index is 9.06. The fraction of sp³-hybridized carbons (Fsp3) is 0.417. The van der Waals surface area contributed by atoms with E-state index in [1.54, 1.807) is 0 Å². The van der Waals surface area contributed by atoms with E-state index >= 15 is 0 Å². The molecule has 14 heavy (non-hydrogen) atoms. The SMILES string of the molecule is CC1(C)CC(C#N)c2ccccc2O1. The molecule has 0 saturated heterocycles. The van der Waals surface area contributed by atoms with Crippen molar-refractivity contribution in [2.24, 2.45) is 0 Å². The van der Waals surface area contributed by atoms with Crippen LogP contribution in [0.25, 0.3) is 0 Å². The van der Waals surface area contributed by atoms with Gasteiger partial charge in [-0.25, -0.2) is 0 Å². The quantitative estimate of drug-likeness (QED) is 0.625. The van der Waals surface area contributed by atoms with Gasteiger partial charge in [-0.2, -0.15) is 5.26 Å². The molecule has 1 atom stereocenters. The maximum absolute atomic E-state index is 9.06. The number of rotatable bonds is 0. The number of hydrogen-bond acceptors (Lipinski definition) is 2. The minimum Gasteiger partial charge on any atom is -0.487 e. The molecular formula is C12H13NO. The molecule has 1 aromatic carbocycles. The molecule has 2 rings (SSSR count). The molecule has 0 aromatic heterocycles. The van der Waals surface area contributed by atoms with Crippen LogP contribution in [0.5, 0.6) is 5.75 Å². The molecule has 0 radical (unpaired) electrons. The molecular weight excluding hydrogens is 174 g/mol. The fourth-order valence-electron chi connectivity index (χ4n) is 1.92. The number of fused-ring (bicyclic) bond motifs is 1. The van der Waals surface area contributed by atoms with Crippen molar-refractivity contribution in [1.82, 2.24) is 0 Å². The van der Waals surface area contributed by atoms with Gasteiger partial charge in [-0.1, -0.05) is 18.2 Å². The van der Waals surface area contributed by atoms with Gasteiger partial charge in [0.2, 0.25) is 0 Å². The van der Waals surface area contributed by atoms with Crippen molar-refractivity contribution < 1.29 is 4.74 Å². The zero-order valence-corrected chi connectivity index (χ0v) is 8.45. The minimum absolute atomic E-state index is 0.0325. The Labute approximate surface area is 84.1 Å². The van der Waals surface area contributed by atoms with Crippen LogP contribution < -0.4 is 4.74 Å². The van der Waals surface area contributed by atoms with Gasteiger partial charge in [-0.3, -0.25) is 0 Å². The highest BCUT2D eigenvalue weighted by Gasteiger charge is 2.33. The summed E-state index contributed by atoms with van der Waals surface area (Å²) in [4.78, 5) is 0. The molecule has 0 bridgehead atoms. The van der Waals surface area contributed by atoms with Gasteiger partial charge < -0.3 is 4.74 Å². The predicted molar refractivity (Wildman–Crippen MR) is 54.1 cm³/mol. The summed E-state index contributed by atoms with van der Waals surface area (Å²) in [6.45, 7) is 4.04. The monoisotopic (exact) mass is 187 g/mol. The Morgan fingerprint density at radius 3 is 2.86 bits per heavy atom. The van der Waals surface area contributed by atoms with Gasteiger partial charge >= 0.3 is 0 Å². The average molecular weight is 187 g/mol. The van der Waals surface area contributed by atoms with Crippen molar-refractivity contribution in [2.45, 2.75) is 31.8 Å². The van der Waals surface area contributed by atoms with Crippen LogP contribution in [0.15, 0.2) is 24.3 Å². The van der Waals surface area contributed by atoms with Gasteiger partial charge in [0.15, 0.2) is 0 Å². The lowest BCUT2D eigenvalue weighted by atomic mass is 9.85. The van der Waals surface area contributed by atoms with Crippen LogP contribution in [0.1, 0.15) is 31.7 Å². The Kier molecular flexibility index (Phi) is 1.96. The van der Waals surface area contributed by atoms with Crippen LogP contribution >= 0.6 is 0 Å². The van der Waals surface area contributed by atoms with E-state index in [2.05, 4.69) is 6.07 Å². The van der Waals surface area contributed by atoms with Crippen LogP contribution in [-0.2, 0) is 0 Å². The molecule has 1 aromatic rings. The Morgan fingerprint density at radius 1 is 1.43 bits per heavy atom. The van der Waals surface area contributed by atoms with E-state index in [0.717, 1.165) is 17.7 Å². The van der Waals surface area contributed by atoms with Crippen molar-refractivity contribution in [3.8, 4) is 11.8 Å². The van der Waals surface area contributed by atoms with Gasteiger partial charge in [0.25, 0.3) is 0 Å². The van der Waals surface area contributed by atoms with Crippen LogP contribution in [0.2, 0.25) is 0 Å². The van der Waals surface area contributed by atoms with Crippen molar-refractivity contribution in [3.63, 3.8) is 0 Å². The third kappa shape index (κ3) is 1.46. The number of nitriles is 1. The van der Waals surface area contributed by atoms with Crippen molar-refractivity contribution in [1.29, 1.82) is 5.26 Å². The van der Waals surface area contributed by atoms with E-state index in [9.17, 15) is 0 Å². The first-order valence-electron chi connectivity index (χ1n) is 4.80. The summed E-state index contributed by atoms with van der Waals surface area (Å²) < 4.78 is 5.80. The van der Waals surface area contributed by atoms with E-state index in [0.29, 0.717) is 0 Å². The number of nitrogens with zero attached hydrogens (tertiary/aromatic N) is 1. The van der Waals surface area contributed by atoms with Gasteiger partial charge in [-0.05, 0) is 19.9 Å². The second-order valence-electron chi connectivity index (χ2n) is 4.29. The molecule has 0 fully saturated rings. The molecule has 0 saturated carbocycles. The lowest BCUT2D eigenvalue weighted by Gasteiger charge is -2.34. The van der Waals surface area contributed by atoms with E-state index in [1.807, 2.05) is 38.1 Å². The molecule has 1 unspecified atom stereocenters. The Bertz CT molecular complexity index is 390. The summed E-state index contributed by atoms with van der Waals surface area (Å²) >= 11 is 0. The summed E-state index contributed by atoms with van der Waals surface area (Å²) in [6, 6.07) is 10.1. The second-order valence-corrected chi connectivity index (χ2v) is 4.29. The lowest BCUT2D eigenvalue weighted by molar-refractivity contribution is 0.0794. The van der Waals surface area contributed by atoms with Gasteiger partial charge in [0, 0.05) is 12.0 Å². The zero-order valence-electron chi connectivity index (χ0n) is 8.45. The molecule has 1 heterocycles. The molecule has 0 amide bonds. The van der Waals surface area contributed by atoms with E-state index in [1.165, 1.54) is 0 Å². The molecule has 1 aliphatic rings. The molecule has 0 spiro atoms. The van der Waals surface area contributed by atoms with Crippen LogP contribution in [0, 0.1) is 11.3 Å². The first kappa shape index (κ1) is 9.08. The van der Waals surface area contributed by atoms with Gasteiger partial charge in [0.1, 0.15) is 11.4 Å². The summed E-state index contributed by atoms with van der Waals surface area (Å²) in [5, 5.41) is 9.06. The van der Waals surface area contributed by atoms with Crippen LogP contribution in [0.3, 0.4) is 0 Å². The van der Waals surface area contributed by atoms with Crippen LogP contribution in [0.4, 0.5) is 0 Å². The topological polar surface area (TPSA) is 33.0 Å². The lowest BCUT2D eigenvalue weighted by Crippen LogP contribution is -2.34. The van der Waals surface area contributed by atoms with Crippen molar-refractivity contribution in [2.75, 3.05) is 0 Å². The fourth-order valence-corrected chi connectivity index (χ4v) is 1.92. The highest BCUT2D eigenvalue weighted by atomic mass is 16.5. The summed E-state index contributed by atoms with van der Waals surface area (Å²) in [6.07, 6.45) is 0.764. The predicted octanol–water partition coefficient (Wildman–Crippen LogP) is 2.85. The third-order valence-electron chi connectivity index (χ3n) is 2.53. The summed E-state index contributed by atoms with van der Waals surface area (Å²) in [5.41, 5.74) is 0.795. The second kappa shape index (κ2) is 3.02. The molecule has 1 aliphatic heterocycles. The number of hydrogen-bond donors (Lipinski definition) is 0. The molecule has 72 valence electrons. The first-order valence-corrected chi connectivity index (χ1v) is 4.80. The summed E-state index contributed by atoms with van der Waals surface area (Å²) in [5.74, 6) is 0.824. The zero-order chi connectivity index (χ0) is 10.2.